The van der Waals surface area contributed by atoms with E-state index in [1.807, 2.05) is 37.3 Å². The zero-order chi connectivity index (χ0) is 20.2. The van der Waals surface area contributed by atoms with Crippen molar-refractivity contribution in [2.75, 3.05) is 30.3 Å². The number of ether oxygens (including phenoxy) is 1. The van der Waals surface area contributed by atoms with Crippen LogP contribution in [0, 0.1) is 0 Å². The van der Waals surface area contributed by atoms with Gasteiger partial charge in [0.1, 0.15) is 5.75 Å². The van der Waals surface area contributed by atoms with E-state index in [-0.39, 0.29) is 18.4 Å². The Kier molecular flexibility index (Phi) is 8.85. The first-order valence-electron chi connectivity index (χ1n) is 9.77. The molecule has 0 unspecified atom stereocenters. The van der Waals surface area contributed by atoms with Gasteiger partial charge in [-0.05, 0) is 43.2 Å². The largest absolute Gasteiger partial charge is 0.491 e. The lowest BCUT2D eigenvalue weighted by molar-refractivity contribution is -0.114. The summed E-state index contributed by atoms with van der Waals surface area (Å²) in [4.78, 5) is 24.4. The highest BCUT2D eigenvalue weighted by Gasteiger charge is 2.09. The molecule has 2 aromatic carbocycles. The van der Waals surface area contributed by atoms with E-state index in [4.69, 9.17) is 4.74 Å². The maximum atomic E-state index is 12.3. The number of hydrogen-bond donors (Lipinski definition) is 3. The number of rotatable bonds is 11. The molecule has 150 valence electrons. The molecule has 2 amide bonds. The fourth-order valence-electron chi connectivity index (χ4n) is 2.51. The average molecular weight is 383 g/mol. The number of carbonyl (C=O) groups is 2. The van der Waals surface area contributed by atoms with E-state index in [0.717, 1.165) is 19.3 Å². The number of para-hydroxylation sites is 2. The Hall–Kier alpha value is -3.02. The summed E-state index contributed by atoms with van der Waals surface area (Å²) in [6.07, 6.45) is 2.90. The third-order valence-corrected chi connectivity index (χ3v) is 4.03. The van der Waals surface area contributed by atoms with Crippen LogP contribution in [0.15, 0.2) is 48.5 Å². The molecule has 0 fully saturated rings. The molecule has 0 saturated carbocycles. The second-order valence-corrected chi connectivity index (χ2v) is 6.44. The van der Waals surface area contributed by atoms with Crippen molar-refractivity contribution in [2.45, 2.75) is 33.1 Å². The van der Waals surface area contributed by atoms with Gasteiger partial charge < -0.3 is 20.7 Å². The normalized spacial score (nSPS) is 10.2. The Morgan fingerprint density at radius 1 is 1.00 bits per heavy atom. The first-order valence-corrected chi connectivity index (χ1v) is 9.77. The van der Waals surface area contributed by atoms with Gasteiger partial charge in [-0.25, -0.2) is 0 Å². The van der Waals surface area contributed by atoms with E-state index < -0.39 is 0 Å². The number of hydrogen-bond acceptors (Lipinski definition) is 4. The van der Waals surface area contributed by atoms with Gasteiger partial charge in [-0.1, -0.05) is 38.5 Å². The van der Waals surface area contributed by atoms with Crippen LogP contribution in [-0.2, 0) is 4.79 Å². The third-order valence-electron chi connectivity index (χ3n) is 4.03. The van der Waals surface area contributed by atoms with E-state index >= 15 is 0 Å². The molecule has 0 aromatic heterocycles. The van der Waals surface area contributed by atoms with Gasteiger partial charge in [0.05, 0.1) is 18.8 Å². The fourth-order valence-corrected chi connectivity index (χ4v) is 2.51. The molecule has 0 spiro atoms. The van der Waals surface area contributed by atoms with Gasteiger partial charge in [0.2, 0.25) is 5.91 Å². The predicted molar refractivity (Wildman–Crippen MR) is 113 cm³/mol. The molecular formula is C22H29N3O3. The molecule has 3 N–H and O–H groups in total. The summed E-state index contributed by atoms with van der Waals surface area (Å²) < 4.78 is 5.74. The lowest BCUT2D eigenvalue weighted by atomic mass is 10.2. The van der Waals surface area contributed by atoms with Crippen LogP contribution in [0.1, 0.15) is 43.5 Å². The van der Waals surface area contributed by atoms with Gasteiger partial charge in [-0.2, -0.15) is 0 Å². The van der Waals surface area contributed by atoms with Crippen LogP contribution in [0.4, 0.5) is 11.4 Å². The number of unbranched alkanes of at least 4 members (excludes halogenated alkanes) is 1. The molecule has 2 aromatic rings. The topological polar surface area (TPSA) is 79.5 Å². The Morgan fingerprint density at radius 3 is 2.61 bits per heavy atom. The lowest BCUT2D eigenvalue weighted by Crippen LogP contribution is -2.24. The highest BCUT2D eigenvalue weighted by molar-refractivity contribution is 5.96. The van der Waals surface area contributed by atoms with Crippen molar-refractivity contribution in [1.82, 2.24) is 5.32 Å². The fraction of sp³-hybridized carbons (Fsp3) is 0.364. The molecule has 0 aliphatic heterocycles. The smallest absolute Gasteiger partial charge is 0.251 e. The molecule has 0 bridgehead atoms. The number of carbonyl (C=O) groups excluding carboxylic acids is 2. The summed E-state index contributed by atoms with van der Waals surface area (Å²) >= 11 is 0. The first kappa shape index (κ1) is 21.3. The van der Waals surface area contributed by atoms with Gasteiger partial charge >= 0.3 is 0 Å². The Balaban J connectivity index is 1.90. The molecule has 0 aliphatic carbocycles. The maximum Gasteiger partial charge on any atom is 0.251 e. The second-order valence-electron chi connectivity index (χ2n) is 6.44. The third kappa shape index (κ3) is 6.95. The van der Waals surface area contributed by atoms with Gasteiger partial charge in [0.15, 0.2) is 0 Å². The molecule has 6 heteroatoms. The average Bonchev–Trinajstić information content (AvgIpc) is 2.72. The van der Waals surface area contributed by atoms with Crippen LogP contribution >= 0.6 is 0 Å². The standard InChI is InChI=1S/C22H29N3O3/c1-3-5-14-28-20-12-7-6-11-19(20)25-21(26)16-24-18-10-8-9-17(15-18)22(27)23-13-4-2/h6-12,15,24H,3-5,13-14,16H2,1-2H3,(H,23,27)(H,25,26). The number of nitrogens with one attached hydrogen (secondary N) is 3. The van der Waals surface area contributed by atoms with E-state index in [2.05, 4.69) is 22.9 Å². The zero-order valence-corrected chi connectivity index (χ0v) is 16.6. The van der Waals surface area contributed by atoms with Crippen molar-refractivity contribution < 1.29 is 14.3 Å². The van der Waals surface area contributed by atoms with Crippen LogP contribution in [0.2, 0.25) is 0 Å². The van der Waals surface area contributed by atoms with E-state index in [1.165, 1.54) is 0 Å². The highest BCUT2D eigenvalue weighted by Crippen LogP contribution is 2.24. The van der Waals surface area contributed by atoms with Crippen molar-refractivity contribution in [1.29, 1.82) is 0 Å². The van der Waals surface area contributed by atoms with Gasteiger partial charge in [0, 0.05) is 17.8 Å². The Labute approximate surface area is 166 Å². The molecule has 0 atom stereocenters. The van der Waals surface area contributed by atoms with Crippen LogP contribution in [0.25, 0.3) is 0 Å². The molecular weight excluding hydrogens is 354 g/mol. The summed E-state index contributed by atoms with van der Waals surface area (Å²) in [5, 5.41) is 8.76. The molecule has 28 heavy (non-hydrogen) atoms. The molecule has 0 radical (unpaired) electrons. The van der Waals surface area contributed by atoms with E-state index in [9.17, 15) is 9.59 Å². The molecule has 2 rings (SSSR count). The summed E-state index contributed by atoms with van der Waals surface area (Å²) in [6, 6.07) is 14.5. The monoisotopic (exact) mass is 383 g/mol. The minimum atomic E-state index is -0.188. The van der Waals surface area contributed by atoms with E-state index in [0.29, 0.717) is 35.8 Å². The van der Waals surface area contributed by atoms with E-state index in [1.54, 1.807) is 18.2 Å². The van der Waals surface area contributed by atoms with Gasteiger partial charge in [0.25, 0.3) is 5.91 Å². The zero-order valence-electron chi connectivity index (χ0n) is 16.6. The quantitative estimate of drug-likeness (QED) is 0.511. The second kappa shape index (κ2) is 11.6. The minimum absolute atomic E-state index is 0.0866. The van der Waals surface area contributed by atoms with Crippen LogP contribution in [0.3, 0.4) is 0 Å². The Morgan fingerprint density at radius 2 is 1.82 bits per heavy atom. The molecule has 6 nitrogen and oxygen atoms in total. The highest BCUT2D eigenvalue weighted by atomic mass is 16.5. The summed E-state index contributed by atoms with van der Waals surface area (Å²) in [5.74, 6) is 0.361. The van der Waals surface area contributed by atoms with Crippen molar-refractivity contribution in [3.63, 3.8) is 0 Å². The lowest BCUT2D eigenvalue weighted by Gasteiger charge is -2.13. The minimum Gasteiger partial charge on any atom is -0.491 e. The number of benzene rings is 2. The summed E-state index contributed by atoms with van der Waals surface area (Å²) in [7, 11) is 0. The number of anilines is 2. The Bertz CT molecular complexity index is 777. The predicted octanol–water partition coefficient (Wildman–Crippen LogP) is 4.06. The number of amides is 2. The summed E-state index contributed by atoms with van der Waals surface area (Å²) in [6.45, 7) is 5.45. The van der Waals surface area contributed by atoms with Crippen molar-refractivity contribution in [3.8, 4) is 5.75 Å². The SMILES string of the molecule is CCCCOc1ccccc1NC(=O)CNc1cccc(C(=O)NCCC)c1. The van der Waals surface area contributed by atoms with Crippen LogP contribution < -0.4 is 20.7 Å². The van der Waals surface area contributed by atoms with Crippen molar-refractivity contribution >= 4 is 23.2 Å². The van der Waals surface area contributed by atoms with Crippen molar-refractivity contribution in [2.24, 2.45) is 0 Å². The molecule has 0 saturated heterocycles. The molecule has 0 aliphatic rings. The van der Waals surface area contributed by atoms with Crippen LogP contribution in [-0.4, -0.2) is 31.5 Å². The van der Waals surface area contributed by atoms with Gasteiger partial charge in [-0.3, -0.25) is 9.59 Å². The summed E-state index contributed by atoms with van der Waals surface area (Å²) in [5.41, 5.74) is 1.93. The first-order chi connectivity index (χ1) is 13.6. The maximum absolute atomic E-state index is 12.3. The van der Waals surface area contributed by atoms with Crippen molar-refractivity contribution in [3.05, 3.63) is 54.1 Å². The van der Waals surface area contributed by atoms with Crippen LogP contribution in [0.5, 0.6) is 5.75 Å². The molecule has 0 heterocycles. The van der Waals surface area contributed by atoms with Gasteiger partial charge in [-0.15, -0.1) is 0 Å².